The van der Waals surface area contributed by atoms with Crippen LogP contribution in [-0.2, 0) is 31.2 Å². The molecule has 1 aliphatic rings. The number of halogens is 1. The highest BCUT2D eigenvalue weighted by molar-refractivity contribution is 5.89. The molecule has 9 nitrogen and oxygen atoms in total. The zero-order chi connectivity index (χ0) is 22.1. The highest BCUT2D eigenvalue weighted by Gasteiger charge is 2.25. The number of hydrogen-bond donors (Lipinski definition) is 4. The van der Waals surface area contributed by atoms with E-state index in [2.05, 4.69) is 31.7 Å². The van der Waals surface area contributed by atoms with Crippen molar-refractivity contribution >= 4 is 29.5 Å². The maximum absolute atomic E-state index is 12.4. The normalized spacial score (nSPS) is 12.6. The first-order valence-electron chi connectivity index (χ1n) is 10.1. The summed E-state index contributed by atoms with van der Waals surface area (Å²) in [5, 5.41) is 23.8. The number of nitrogens with zero attached hydrogens (tertiary/aromatic N) is 1. The van der Waals surface area contributed by atoms with Crippen molar-refractivity contribution in [2.24, 2.45) is 7.05 Å². The minimum atomic E-state index is -1.65. The van der Waals surface area contributed by atoms with Crippen LogP contribution in [0.3, 0.4) is 0 Å². The fourth-order valence-electron chi connectivity index (χ4n) is 4.20. The molecule has 0 amide bonds. The molecular weight excluding hydrogens is 438 g/mol. The quantitative estimate of drug-likeness (QED) is 0.327. The van der Waals surface area contributed by atoms with Crippen LogP contribution >= 0.6 is 12.4 Å². The number of rotatable bonds is 6. The largest absolute Gasteiger partial charge is 0.511 e. The molecule has 0 bridgehead atoms. The van der Waals surface area contributed by atoms with Gasteiger partial charge in [-0.1, -0.05) is 0 Å². The molecule has 172 valence electrons. The Morgan fingerprint density at radius 2 is 2.06 bits per heavy atom. The van der Waals surface area contributed by atoms with Gasteiger partial charge >= 0.3 is 6.16 Å². The van der Waals surface area contributed by atoms with Crippen molar-refractivity contribution in [3.8, 4) is 22.8 Å². The number of H-pyrrole nitrogens is 1. The number of carbonyl (C=O) groups is 1. The van der Waals surface area contributed by atoms with Crippen molar-refractivity contribution in [3.05, 3.63) is 45.4 Å². The standard InChI is InChI=1S/C22H25N3O6.ClH/c1-25-14(11-23-6-7-30-2)8-13-9-16-12(10-17(13)25)4-3-5-15-18(16)24-21(27)20(19(15)26)31-22(28)29;/h8-10,23H,3-7,11H2,1-2H3,(H,28,29)(H2,24,26,27);1H. The maximum Gasteiger partial charge on any atom is 0.511 e. The van der Waals surface area contributed by atoms with Gasteiger partial charge in [0.15, 0.2) is 5.75 Å². The Bertz CT molecular complexity index is 1220. The van der Waals surface area contributed by atoms with E-state index in [0.717, 1.165) is 47.1 Å². The molecule has 0 saturated carbocycles. The molecule has 0 atom stereocenters. The molecular formula is C22H26ClN3O6. The lowest BCUT2D eigenvalue weighted by atomic mass is 9.99. The van der Waals surface area contributed by atoms with Gasteiger partial charge in [-0.05, 0) is 43.0 Å². The minimum Gasteiger partial charge on any atom is -0.504 e. The number of aromatic hydroxyl groups is 1. The number of benzene rings is 1. The van der Waals surface area contributed by atoms with Crippen molar-refractivity contribution in [3.63, 3.8) is 0 Å². The van der Waals surface area contributed by atoms with Crippen LogP contribution in [0.1, 0.15) is 23.2 Å². The summed E-state index contributed by atoms with van der Waals surface area (Å²) in [5.74, 6) is -0.995. The summed E-state index contributed by atoms with van der Waals surface area (Å²) in [4.78, 5) is 26.1. The van der Waals surface area contributed by atoms with Crippen LogP contribution in [0.25, 0.3) is 22.2 Å². The van der Waals surface area contributed by atoms with E-state index >= 15 is 0 Å². The van der Waals surface area contributed by atoms with Crippen molar-refractivity contribution in [2.45, 2.75) is 25.8 Å². The third kappa shape index (κ3) is 4.32. The number of hydrogen-bond acceptors (Lipinski definition) is 6. The van der Waals surface area contributed by atoms with Crippen LogP contribution < -0.4 is 15.6 Å². The molecule has 32 heavy (non-hydrogen) atoms. The summed E-state index contributed by atoms with van der Waals surface area (Å²) in [6.45, 7) is 2.09. The smallest absolute Gasteiger partial charge is 0.504 e. The number of aromatic nitrogens is 2. The molecule has 10 heteroatoms. The Kier molecular flexibility index (Phi) is 7.12. The number of aryl methyl sites for hydroxylation is 2. The Morgan fingerprint density at radius 3 is 2.78 bits per heavy atom. The Morgan fingerprint density at radius 1 is 1.28 bits per heavy atom. The minimum absolute atomic E-state index is 0. The summed E-state index contributed by atoms with van der Waals surface area (Å²) >= 11 is 0. The first-order chi connectivity index (χ1) is 14.9. The molecule has 0 fully saturated rings. The van der Waals surface area contributed by atoms with Gasteiger partial charge in [0, 0.05) is 55.0 Å². The van der Waals surface area contributed by atoms with Gasteiger partial charge in [-0.3, -0.25) is 4.79 Å². The topological polar surface area (TPSA) is 126 Å². The van der Waals surface area contributed by atoms with Gasteiger partial charge in [0.25, 0.3) is 5.56 Å². The van der Waals surface area contributed by atoms with Crippen LogP contribution in [0.15, 0.2) is 23.0 Å². The lowest BCUT2D eigenvalue weighted by Crippen LogP contribution is -2.19. The number of ether oxygens (including phenoxy) is 2. The van der Waals surface area contributed by atoms with Crippen molar-refractivity contribution in [1.29, 1.82) is 0 Å². The molecule has 2 heterocycles. The van der Waals surface area contributed by atoms with Gasteiger partial charge in [0.05, 0.1) is 12.3 Å². The highest BCUT2D eigenvalue weighted by Crippen LogP contribution is 2.40. The lowest BCUT2D eigenvalue weighted by molar-refractivity contribution is 0.142. The molecule has 4 rings (SSSR count). The molecule has 2 aromatic heterocycles. The third-order valence-corrected chi connectivity index (χ3v) is 5.73. The molecule has 1 aliphatic carbocycles. The van der Waals surface area contributed by atoms with Crippen LogP contribution in [0.5, 0.6) is 11.5 Å². The molecule has 0 spiro atoms. The summed E-state index contributed by atoms with van der Waals surface area (Å²) in [6.07, 6.45) is 0.358. The van der Waals surface area contributed by atoms with Gasteiger partial charge in [-0.15, -0.1) is 12.4 Å². The molecule has 3 aromatic rings. The monoisotopic (exact) mass is 463 g/mol. The van der Waals surface area contributed by atoms with E-state index < -0.39 is 23.2 Å². The van der Waals surface area contributed by atoms with E-state index in [4.69, 9.17) is 9.84 Å². The highest BCUT2D eigenvalue weighted by atomic mass is 35.5. The summed E-state index contributed by atoms with van der Waals surface area (Å²) < 4.78 is 11.7. The first-order valence-corrected chi connectivity index (χ1v) is 10.1. The zero-order valence-electron chi connectivity index (χ0n) is 17.9. The molecule has 0 unspecified atom stereocenters. The van der Waals surface area contributed by atoms with Crippen molar-refractivity contribution in [1.82, 2.24) is 14.9 Å². The maximum atomic E-state index is 12.4. The Balaban J connectivity index is 0.00000289. The Hall–Kier alpha value is -3.01. The second-order valence-corrected chi connectivity index (χ2v) is 7.64. The van der Waals surface area contributed by atoms with Gasteiger partial charge < -0.3 is 34.6 Å². The number of methoxy groups -OCH3 is 1. The van der Waals surface area contributed by atoms with E-state index in [9.17, 15) is 14.7 Å². The zero-order valence-corrected chi connectivity index (χ0v) is 18.7. The summed E-state index contributed by atoms with van der Waals surface area (Å²) in [7, 11) is 3.69. The fourth-order valence-corrected chi connectivity index (χ4v) is 4.20. The second-order valence-electron chi connectivity index (χ2n) is 7.64. The predicted octanol–water partition coefficient (Wildman–Crippen LogP) is 2.94. The summed E-state index contributed by atoms with van der Waals surface area (Å²) in [6, 6.07) is 6.23. The number of aromatic amines is 1. The van der Waals surface area contributed by atoms with Gasteiger partial charge in [0.1, 0.15) is 0 Å². The molecule has 1 aromatic carbocycles. The number of nitrogens with one attached hydrogen (secondary N) is 2. The van der Waals surface area contributed by atoms with Crippen LogP contribution in [0.2, 0.25) is 0 Å². The second kappa shape index (κ2) is 9.64. The number of carboxylic acid groups (broad SMARTS) is 1. The molecule has 0 radical (unpaired) electrons. The predicted molar refractivity (Wildman–Crippen MR) is 122 cm³/mol. The van der Waals surface area contributed by atoms with E-state index in [1.54, 1.807) is 7.11 Å². The average Bonchev–Trinajstić information content (AvgIpc) is 2.92. The van der Waals surface area contributed by atoms with Crippen LogP contribution in [0.4, 0.5) is 4.79 Å². The lowest BCUT2D eigenvalue weighted by Gasteiger charge is -2.13. The van der Waals surface area contributed by atoms with Crippen molar-refractivity contribution in [2.75, 3.05) is 20.3 Å². The molecule has 0 aliphatic heterocycles. The number of pyridine rings is 1. The number of fused-ring (bicyclic) bond motifs is 4. The van der Waals surface area contributed by atoms with Crippen LogP contribution in [0, 0.1) is 0 Å². The summed E-state index contributed by atoms with van der Waals surface area (Å²) in [5.41, 5.74) is 4.33. The first kappa shape index (κ1) is 23.6. The Labute approximate surface area is 190 Å². The molecule has 0 saturated heterocycles. The van der Waals surface area contributed by atoms with Gasteiger partial charge in [-0.25, -0.2) is 4.79 Å². The van der Waals surface area contributed by atoms with Gasteiger partial charge in [0.2, 0.25) is 5.75 Å². The van der Waals surface area contributed by atoms with E-state index in [1.165, 1.54) is 0 Å². The molecule has 4 N–H and O–H groups in total. The van der Waals surface area contributed by atoms with E-state index in [0.29, 0.717) is 30.8 Å². The fraction of sp³-hybridized carbons (Fsp3) is 0.364. The van der Waals surface area contributed by atoms with E-state index in [1.807, 2.05) is 13.1 Å². The van der Waals surface area contributed by atoms with Gasteiger partial charge in [-0.2, -0.15) is 0 Å². The van der Waals surface area contributed by atoms with E-state index in [-0.39, 0.29) is 12.4 Å². The average molecular weight is 464 g/mol. The third-order valence-electron chi connectivity index (χ3n) is 5.73. The van der Waals surface area contributed by atoms with Crippen LogP contribution in [-0.4, -0.2) is 46.2 Å². The SMILES string of the molecule is COCCNCc1cc2cc3c(cc2n1C)CCCc1c-3[nH]c(=O)c(OC(=O)O)c1O.Cl. The van der Waals surface area contributed by atoms with Crippen molar-refractivity contribution < 1.29 is 24.5 Å².